The first-order valence-electron chi connectivity index (χ1n) is 10.3. The summed E-state index contributed by atoms with van der Waals surface area (Å²) in [7, 11) is 0. The van der Waals surface area contributed by atoms with Crippen LogP contribution in [-0.4, -0.2) is 70.6 Å². The van der Waals surface area contributed by atoms with Gasteiger partial charge in [0.05, 0.1) is 17.7 Å². The summed E-state index contributed by atoms with van der Waals surface area (Å²) in [5.74, 6) is -0.630. The molecule has 0 radical (unpaired) electrons. The van der Waals surface area contributed by atoms with Gasteiger partial charge in [0.1, 0.15) is 11.3 Å². The van der Waals surface area contributed by atoms with Gasteiger partial charge in [-0.15, -0.1) is 0 Å². The van der Waals surface area contributed by atoms with Crippen LogP contribution >= 0.6 is 0 Å². The molecule has 31 heavy (non-hydrogen) atoms. The summed E-state index contributed by atoms with van der Waals surface area (Å²) in [5, 5.41) is 3.22. The summed E-state index contributed by atoms with van der Waals surface area (Å²) in [5.41, 5.74) is -1.07. The summed E-state index contributed by atoms with van der Waals surface area (Å²) in [6.07, 6.45) is -1.72. The van der Waals surface area contributed by atoms with Crippen LogP contribution in [0.4, 0.5) is 19.1 Å². The maximum Gasteiger partial charge on any atom is 0.433 e. The number of rotatable bonds is 2. The number of aromatic nitrogens is 2. The van der Waals surface area contributed by atoms with E-state index in [-0.39, 0.29) is 23.9 Å². The van der Waals surface area contributed by atoms with Crippen molar-refractivity contribution in [2.75, 3.05) is 31.1 Å². The van der Waals surface area contributed by atoms with E-state index >= 15 is 0 Å². The number of esters is 1. The van der Waals surface area contributed by atoms with Crippen molar-refractivity contribution in [1.82, 2.24) is 20.2 Å². The van der Waals surface area contributed by atoms with Crippen LogP contribution in [-0.2, 0) is 20.5 Å². The maximum absolute atomic E-state index is 13.5. The van der Waals surface area contributed by atoms with Gasteiger partial charge in [0.15, 0.2) is 0 Å². The van der Waals surface area contributed by atoms with Crippen molar-refractivity contribution in [3.8, 4) is 0 Å². The fraction of sp³-hybridized carbons (Fsp3) is 0.600. The molecule has 1 aromatic rings. The number of piperazine rings is 1. The first-order valence-corrected chi connectivity index (χ1v) is 10.3. The first kappa shape index (κ1) is 20.2. The molecular weight excluding hydrogens is 415 g/mol. The van der Waals surface area contributed by atoms with Gasteiger partial charge in [0.25, 0.3) is 5.91 Å². The highest BCUT2D eigenvalue weighted by Gasteiger charge is 2.54. The summed E-state index contributed by atoms with van der Waals surface area (Å²) in [6, 6.07) is 0.504. The lowest BCUT2D eigenvalue weighted by atomic mass is 9.83. The van der Waals surface area contributed by atoms with E-state index in [1.165, 1.54) is 0 Å². The molecule has 0 saturated carbocycles. The van der Waals surface area contributed by atoms with E-state index < -0.39 is 23.4 Å². The lowest BCUT2D eigenvalue weighted by Gasteiger charge is -2.39. The van der Waals surface area contributed by atoms with Gasteiger partial charge < -0.3 is 19.9 Å². The van der Waals surface area contributed by atoms with Crippen molar-refractivity contribution in [2.24, 2.45) is 0 Å². The zero-order chi connectivity index (χ0) is 22.0. The number of fused-ring (bicyclic) bond motifs is 2. The SMILES string of the molecule is CC1=C(C(=O)N2C[C@@H]3C[C@H]2CN3c2nccc(C(F)(F)F)n2)C2(CCNCC2)OC1=O. The highest BCUT2D eigenvalue weighted by molar-refractivity contribution is 6.07. The normalized spacial score (nSPS) is 27.4. The van der Waals surface area contributed by atoms with Crippen LogP contribution in [0.2, 0.25) is 0 Å². The summed E-state index contributed by atoms with van der Waals surface area (Å²) < 4.78 is 44.7. The van der Waals surface area contributed by atoms with E-state index in [1.807, 2.05) is 0 Å². The van der Waals surface area contributed by atoms with Crippen LogP contribution in [0.15, 0.2) is 23.4 Å². The van der Waals surface area contributed by atoms with Crippen LogP contribution in [0, 0.1) is 0 Å². The Balaban J connectivity index is 1.36. The Hall–Kier alpha value is -2.69. The lowest BCUT2D eigenvalue weighted by molar-refractivity contribution is -0.149. The Labute approximate surface area is 176 Å². The predicted octanol–water partition coefficient (Wildman–Crippen LogP) is 1.28. The number of hydrogen-bond donors (Lipinski definition) is 1. The Kier molecular flexibility index (Phi) is 4.51. The van der Waals surface area contributed by atoms with Crippen molar-refractivity contribution < 1.29 is 27.5 Å². The second-order valence-electron chi connectivity index (χ2n) is 8.53. The molecule has 1 spiro atoms. The number of ether oxygens (including phenoxy) is 1. The van der Waals surface area contributed by atoms with Crippen LogP contribution in [0.25, 0.3) is 0 Å². The van der Waals surface area contributed by atoms with Gasteiger partial charge in [-0.3, -0.25) is 4.79 Å². The molecule has 5 heterocycles. The molecular formula is C20H22F3N5O3. The minimum absolute atomic E-state index is 0.0269. The topological polar surface area (TPSA) is 87.7 Å². The number of carbonyl (C=O) groups excluding carboxylic acids is 2. The lowest BCUT2D eigenvalue weighted by Crippen LogP contribution is -2.53. The van der Waals surface area contributed by atoms with E-state index in [9.17, 15) is 22.8 Å². The number of piperidine rings is 1. The minimum atomic E-state index is -4.54. The molecule has 3 saturated heterocycles. The van der Waals surface area contributed by atoms with E-state index in [0.717, 1.165) is 12.3 Å². The largest absolute Gasteiger partial charge is 0.450 e. The van der Waals surface area contributed by atoms with Gasteiger partial charge in [-0.25, -0.2) is 14.8 Å². The quantitative estimate of drug-likeness (QED) is 0.698. The first-order chi connectivity index (χ1) is 14.7. The zero-order valence-electron chi connectivity index (χ0n) is 16.9. The molecule has 3 fully saturated rings. The Bertz CT molecular complexity index is 973. The number of nitrogens with one attached hydrogen (secondary N) is 1. The molecule has 0 aromatic carbocycles. The number of likely N-dealkylation sites (tertiary alicyclic amines) is 1. The molecule has 1 N–H and O–H groups in total. The third kappa shape index (κ3) is 3.17. The van der Waals surface area contributed by atoms with Gasteiger partial charge in [-0.2, -0.15) is 13.2 Å². The summed E-state index contributed by atoms with van der Waals surface area (Å²) in [4.78, 5) is 37.0. The number of anilines is 1. The molecule has 1 amide bonds. The summed E-state index contributed by atoms with van der Waals surface area (Å²) in [6.45, 7) is 3.65. The van der Waals surface area contributed by atoms with Crippen LogP contribution in [0.5, 0.6) is 0 Å². The van der Waals surface area contributed by atoms with Crippen molar-refractivity contribution in [1.29, 1.82) is 0 Å². The third-order valence-electron chi connectivity index (χ3n) is 6.74. The van der Waals surface area contributed by atoms with E-state index in [4.69, 9.17) is 4.74 Å². The van der Waals surface area contributed by atoms with E-state index in [1.54, 1.807) is 16.7 Å². The van der Waals surface area contributed by atoms with Crippen LogP contribution in [0.3, 0.4) is 0 Å². The Morgan fingerprint density at radius 3 is 2.65 bits per heavy atom. The van der Waals surface area contributed by atoms with Crippen molar-refractivity contribution in [3.05, 3.63) is 29.1 Å². The highest BCUT2D eigenvalue weighted by Crippen LogP contribution is 2.43. The van der Waals surface area contributed by atoms with Gasteiger partial charge in [-0.1, -0.05) is 0 Å². The molecule has 8 nitrogen and oxygen atoms in total. The predicted molar refractivity (Wildman–Crippen MR) is 102 cm³/mol. The molecule has 4 aliphatic heterocycles. The average molecular weight is 437 g/mol. The Morgan fingerprint density at radius 1 is 1.26 bits per heavy atom. The second-order valence-corrected chi connectivity index (χ2v) is 8.53. The smallest absolute Gasteiger partial charge is 0.433 e. The van der Waals surface area contributed by atoms with E-state index in [0.29, 0.717) is 56.6 Å². The molecule has 2 bridgehead atoms. The Morgan fingerprint density at radius 2 is 2.00 bits per heavy atom. The van der Waals surface area contributed by atoms with Gasteiger partial charge >= 0.3 is 12.1 Å². The third-order valence-corrected chi connectivity index (χ3v) is 6.74. The van der Waals surface area contributed by atoms with Crippen LogP contribution in [0.1, 0.15) is 31.9 Å². The summed E-state index contributed by atoms with van der Waals surface area (Å²) >= 11 is 0. The molecule has 166 valence electrons. The van der Waals surface area contributed by atoms with Crippen molar-refractivity contribution in [2.45, 2.75) is 50.0 Å². The molecule has 5 rings (SSSR count). The second kappa shape index (κ2) is 6.91. The van der Waals surface area contributed by atoms with Crippen molar-refractivity contribution in [3.63, 3.8) is 0 Å². The fourth-order valence-electron chi connectivity index (χ4n) is 5.24. The monoisotopic (exact) mass is 437 g/mol. The van der Waals surface area contributed by atoms with Crippen molar-refractivity contribution >= 4 is 17.8 Å². The molecule has 0 aliphatic carbocycles. The number of amides is 1. The van der Waals surface area contributed by atoms with Gasteiger partial charge in [0.2, 0.25) is 5.95 Å². The number of nitrogens with zero attached hydrogens (tertiary/aromatic N) is 4. The van der Waals surface area contributed by atoms with Gasteiger partial charge in [-0.05, 0) is 32.5 Å². The molecule has 1 aromatic heterocycles. The molecule has 4 aliphatic rings. The van der Waals surface area contributed by atoms with E-state index in [2.05, 4.69) is 15.3 Å². The standard InChI is InChI=1S/C20H22F3N5O3/c1-11-15(19(31-17(11)30)3-6-24-7-4-19)16(29)27-9-13-8-12(27)10-28(13)18-25-5-2-14(26-18)20(21,22)23/h2,5,12-13,24H,3-4,6-10H2,1H3/t12-,13-/m0/s1. The molecule has 11 heteroatoms. The number of carbonyl (C=O) groups is 2. The highest BCUT2D eigenvalue weighted by atomic mass is 19.4. The van der Waals surface area contributed by atoms with Crippen LogP contribution < -0.4 is 10.2 Å². The number of halogens is 3. The van der Waals surface area contributed by atoms with Gasteiger partial charge in [0, 0.05) is 37.7 Å². The molecule has 2 atom stereocenters. The number of alkyl halides is 3. The minimum Gasteiger partial charge on any atom is -0.450 e. The number of hydrogen-bond acceptors (Lipinski definition) is 7. The zero-order valence-corrected chi connectivity index (χ0v) is 16.9. The average Bonchev–Trinajstić information content (AvgIpc) is 3.40. The maximum atomic E-state index is 13.5. The fourth-order valence-corrected chi connectivity index (χ4v) is 5.24. The molecule has 0 unspecified atom stereocenters.